The molecule has 0 bridgehead atoms. The fourth-order valence-electron chi connectivity index (χ4n) is 2.77. The molecule has 126 valence electrons. The summed E-state index contributed by atoms with van der Waals surface area (Å²) < 4.78 is 5.75. The molecule has 0 aliphatic carbocycles. The summed E-state index contributed by atoms with van der Waals surface area (Å²) >= 11 is 0. The van der Waals surface area contributed by atoms with Gasteiger partial charge in [-0.05, 0) is 42.5 Å². The van der Waals surface area contributed by atoms with Crippen molar-refractivity contribution in [2.24, 2.45) is 0 Å². The summed E-state index contributed by atoms with van der Waals surface area (Å²) in [7, 11) is 0. The smallest absolute Gasteiger partial charge is 0.280 e. The van der Waals surface area contributed by atoms with Crippen LogP contribution in [0.5, 0.6) is 0 Å². The van der Waals surface area contributed by atoms with E-state index >= 15 is 0 Å². The average Bonchev–Trinajstić information content (AvgIpc) is 3.15. The number of rotatable bonds is 4. The highest BCUT2D eigenvalue weighted by molar-refractivity contribution is 5.80. The average molecular weight is 342 g/mol. The summed E-state index contributed by atoms with van der Waals surface area (Å²) in [6.07, 6.45) is 3.66. The lowest BCUT2D eigenvalue weighted by Crippen LogP contribution is -1.90. The molecule has 0 N–H and O–H groups in total. The number of pyridine rings is 1. The van der Waals surface area contributed by atoms with Crippen LogP contribution in [0.4, 0.5) is 5.69 Å². The van der Waals surface area contributed by atoms with Crippen LogP contribution in [0.15, 0.2) is 77.2 Å². The third-order valence-corrected chi connectivity index (χ3v) is 4.03. The van der Waals surface area contributed by atoms with Gasteiger partial charge in [0.05, 0.1) is 21.7 Å². The van der Waals surface area contributed by atoms with Crippen molar-refractivity contribution in [1.29, 1.82) is 0 Å². The lowest BCUT2D eigenvalue weighted by molar-refractivity contribution is -0.384. The van der Waals surface area contributed by atoms with E-state index in [-0.39, 0.29) is 5.69 Å². The molecule has 2 aromatic carbocycles. The Kier molecular flexibility index (Phi) is 4.03. The zero-order valence-corrected chi connectivity index (χ0v) is 13.7. The van der Waals surface area contributed by atoms with E-state index in [0.29, 0.717) is 17.1 Å². The molecule has 2 aromatic heterocycles. The minimum atomic E-state index is -0.410. The molecule has 2 heterocycles. The van der Waals surface area contributed by atoms with Crippen LogP contribution in [-0.4, -0.2) is 9.91 Å². The van der Waals surface area contributed by atoms with Gasteiger partial charge in [-0.15, -0.1) is 0 Å². The zero-order chi connectivity index (χ0) is 17.9. The maximum absolute atomic E-state index is 11.2. The van der Waals surface area contributed by atoms with E-state index in [1.807, 2.05) is 42.5 Å². The van der Waals surface area contributed by atoms with Gasteiger partial charge in [-0.3, -0.25) is 10.1 Å². The van der Waals surface area contributed by atoms with Gasteiger partial charge in [0.1, 0.15) is 11.5 Å². The van der Waals surface area contributed by atoms with E-state index in [0.717, 1.165) is 16.6 Å². The minimum absolute atomic E-state index is 0.0218. The van der Waals surface area contributed by atoms with E-state index < -0.39 is 4.92 Å². The molecule has 0 atom stereocenters. The Morgan fingerprint density at radius 3 is 2.58 bits per heavy atom. The summed E-state index contributed by atoms with van der Waals surface area (Å²) in [6.45, 7) is 0. The third-order valence-electron chi connectivity index (χ3n) is 4.03. The van der Waals surface area contributed by atoms with E-state index in [4.69, 9.17) is 4.42 Å². The van der Waals surface area contributed by atoms with Gasteiger partial charge in [0.15, 0.2) is 0 Å². The zero-order valence-electron chi connectivity index (χ0n) is 13.7. The highest BCUT2D eigenvalue weighted by atomic mass is 16.6. The van der Waals surface area contributed by atoms with Gasteiger partial charge in [0, 0.05) is 11.5 Å². The predicted octanol–water partition coefficient (Wildman–Crippen LogP) is 5.57. The molecular weight excluding hydrogens is 328 g/mol. The van der Waals surface area contributed by atoms with E-state index in [1.54, 1.807) is 36.4 Å². The summed E-state index contributed by atoms with van der Waals surface area (Å²) in [5.74, 6) is 1.07. The molecule has 0 aliphatic heterocycles. The topological polar surface area (TPSA) is 69.2 Å². The molecule has 0 fully saturated rings. The van der Waals surface area contributed by atoms with Gasteiger partial charge >= 0.3 is 0 Å². The van der Waals surface area contributed by atoms with Crippen molar-refractivity contribution < 1.29 is 9.34 Å². The number of nitro benzene ring substituents is 1. The van der Waals surface area contributed by atoms with Gasteiger partial charge in [-0.25, -0.2) is 4.98 Å². The summed E-state index contributed by atoms with van der Waals surface area (Å²) in [5, 5.41) is 12.2. The third kappa shape index (κ3) is 3.10. The molecule has 0 saturated heterocycles. The molecule has 0 spiro atoms. The second-order valence-corrected chi connectivity index (χ2v) is 5.74. The molecule has 5 heteroatoms. The molecule has 0 saturated carbocycles. The number of para-hydroxylation sites is 2. The number of furan rings is 1. The van der Waals surface area contributed by atoms with Gasteiger partial charge in [-0.2, -0.15) is 0 Å². The number of aromatic nitrogens is 1. The van der Waals surface area contributed by atoms with Crippen molar-refractivity contribution in [2.75, 3.05) is 0 Å². The van der Waals surface area contributed by atoms with E-state index in [9.17, 15) is 10.1 Å². The Morgan fingerprint density at radius 2 is 1.69 bits per heavy atom. The van der Waals surface area contributed by atoms with Crippen LogP contribution in [0.3, 0.4) is 0 Å². The van der Waals surface area contributed by atoms with Crippen LogP contribution >= 0.6 is 0 Å². The Balaban J connectivity index is 1.62. The van der Waals surface area contributed by atoms with Crippen molar-refractivity contribution in [1.82, 2.24) is 4.98 Å². The van der Waals surface area contributed by atoms with Crippen LogP contribution in [-0.2, 0) is 0 Å². The lowest BCUT2D eigenvalue weighted by Gasteiger charge is -1.99. The Labute approximate surface area is 149 Å². The number of fused-ring (bicyclic) bond motifs is 1. The first-order chi connectivity index (χ1) is 12.7. The highest BCUT2D eigenvalue weighted by Crippen LogP contribution is 2.31. The standard InChI is InChI=1S/C21H14N2O3/c24-23(25)20-8-4-2-6-18(20)21-14-13-17(26-21)12-11-16-10-9-15-5-1-3-7-19(15)22-16/h1-14H/b12-11+. The quantitative estimate of drug-likeness (QED) is 0.359. The molecule has 0 radical (unpaired) electrons. The second kappa shape index (κ2) is 6.64. The number of hydrogen-bond acceptors (Lipinski definition) is 4. The van der Waals surface area contributed by atoms with Crippen molar-refractivity contribution in [3.05, 3.63) is 94.4 Å². The van der Waals surface area contributed by atoms with Gasteiger partial charge in [-0.1, -0.05) is 36.4 Å². The molecule has 0 unspecified atom stereocenters. The maximum Gasteiger partial charge on any atom is 0.280 e. The molecule has 26 heavy (non-hydrogen) atoms. The molecule has 4 rings (SSSR count). The van der Waals surface area contributed by atoms with Gasteiger partial charge in [0.25, 0.3) is 5.69 Å². The van der Waals surface area contributed by atoms with Crippen molar-refractivity contribution in [3.8, 4) is 11.3 Å². The molecule has 4 aromatic rings. The van der Waals surface area contributed by atoms with E-state index in [1.165, 1.54) is 6.07 Å². The lowest BCUT2D eigenvalue weighted by atomic mass is 10.1. The normalized spacial score (nSPS) is 11.2. The van der Waals surface area contributed by atoms with Crippen LogP contribution < -0.4 is 0 Å². The molecular formula is C21H14N2O3. The summed E-state index contributed by atoms with van der Waals surface area (Å²) in [4.78, 5) is 15.3. The van der Waals surface area contributed by atoms with Crippen molar-refractivity contribution in [2.45, 2.75) is 0 Å². The van der Waals surface area contributed by atoms with Crippen molar-refractivity contribution >= 4 is 28.7 Å². The van der Waals surface area contributed by atoms with E-state index in [2.05, 4.69) is 4.98 Å². The number of hydrogen-bond donors (Lipinski definition) is 0. The highest BCUT2D eigenvalue weighted by Gasteiger charge is 2.16. The first-order valence-corrected chi connectivity index (χ1v) is 8.08. The van der Waals surface area contributed by atoms with Crippen molar-refractivity contribution in [3.63, 3.8) is 0 Å². The Bertz CT molecular complexity index is 1130. The molecule has 0 amide bonds. The van der Waals surface area contributed by atoms with Gasteiger partial charge in [0.2, 0.25) is 0 Å². The summed E-state index contributed by atoms with van der Waals surface area (Å²) in [6, 6.07) is 21.9. The number of benzene rings is 2. The number of nitro groups is 1. The fourth-order valence-corrected chi connectivity index (χ4v) is 2.77. The Morgan fingerprint density at radius 1 is 0.885 bits per heavy atom. The number of nitrogens with zero attached hydrogens (tertiary/aromatic N) is 2. The minimum Gasteiger partial charge on any atom is -0.456 e. The van der Waals surface area contributed by atoms with Crippen LogP contribution in [0.2, 0.25) is 0 Å². The Hall–Kier alpha value is -3.73. The monoisotopic (exact) mass is 342 g/mol. The first kappa shape index (κ1) is 15.8. The van der Waals surface area contributed by atoms with Crippen LogP contribution in [0.25, 0.3) is 34.4 Å². The fraction of sp³-hybridized carbons (Fsp3) is 0. The summed E-state index contributed by atoms with van der Waals surface area (Å²) in [5.41, 5.74) is 2.22. The maximum atomic E-state index is 11.2. The largest absolute Gasteiger partial charge is 0.456 e. The van der Waals surface area contributed by atoms with Crippen LogP contribution in [0, 0.1) is 10.1 Å². The van der Waals surface area contributed by atoms with Gasteiger partial charge < -0.3 is 4.42 Å². The predicted molar refractivity (Wildman–Crippen MR) is 101 cm³/mol. The molecule has 0 aliphatic rings. The second-order valence-electron chi connectivity index (χ2n) is 5.74. The SMILES string of the molecule is O=[N+]([O-])c1ccccc1-c1ccc(/C=C/c2ccc3ccccc3n2)o1. The molecule has 5 nitrogen and oxygen atoms in total. The van der Waals surface area contributed by atoms with Crippen LogP contribution in [0.1, 0.15) is 11.5 Å². The first-order valence-electron chi connectivity index (χ1n) is 8.08.